The molecule has 180 valence electrons. The lowest BCUT2D eigenvalue weighted by molar-refractivity contribution is 0.304. The zero-order valence-corrected chi connectivity index (χ0v) is 22.9. The fourth-order valence-electron chi connectivity index (χ4n) is 4.21. The molecule has 0 aliphatic rings. The Balaban J connectivity index is 0.00000512. The van der Waals surface area contributed by atoms with Gasteiger partial charge in [0.2, 0.25) is 0 Å². The molecule has 2 rings (SSSR count). The number of hydrogen-bond acceptors (Lipinski definition) is 1. The summed E-state index contributed by atoms with van der Waals surface area (Å²) in [6, 6.07) is 19.0. The van der Waals surface area contributed by atoms with Gasteiger partial charge >= 0.3 is 0 Å². The topological polar surface area (TPSA) is 9.23 Å². The summed E-state index contributed by atoms with van der Waals surface area (Å²) in [7, 11) is 0. The molecule has 2 aromatic carbocycles. The van der Waals surface area contributed by atoms with Crippen LogP contribution < -0.4 is 4.74 Å². The van der Waals surface area contributed by atoms with Crippen LogP contribution in [0.1, 0.15) is 110 Å². The second-order valence-electron chi connectivity index (χ2n) is 9.04. The molecule has 0 aliphatic heterocycles. The molecule has 0 aromatic heterocycles. The van der Waals surface area contributed by atoms with E-state index in [1.807, 2.05) is 0 Å². The summed E-state index contributed by atoms with van der Waals surface area (Å²) in [5.41, 5.74) is 2.50. The number of ether oxygens (including phenoxy) is 1. The maximum absolute atomic E-state index is 5.92. The minimum Gasteiger partial charge on any atom is -0.494 e. The Kier molecular flexibility index (Phi) is 18.6. The molecule has 0 N–H and O–H groups in total. The van der Waals surface area contributed by atoms with Crippen molar-refractivity contribution in [2.75, 3.05) is 6.61 Å². The Bertz CT molecular complexity index is 638. The second-order valence-corrected chi connectivity index (χ2v) is 9.04. The van der Waals surface area contributed by atoms with Crippen molar-refractivity contribution in [1.82, 2.24) is 0 Å². The molecule has 0 atom stereocenters. The molecule has 0 saturated carbocycles. The quantitative estimate of drug-likeness (QED) is 0.125. The molecule has 0 unspecified atom stereocenters. The summed E-state index contributed by atoms with van der Waals surface area (Å²) in [4.78, 5) is 0. The number of benzene rings is 2. The van der Waals surface area contributed by atoms with Gasteiger partial charge in [0.1, 0.15) is 5.75 Å². The first-order valence-electron chi connectivity index (χ1n) is 13.2. The van der Waals surface area contributed by atoms with Crippen LogP contribution >= 0.6 is 24.0 Å². The lowest BCUT2D eigenvalue weighted by Crippen LogP contribution is -1.97. The van der Waals surface area contributed by atoms with Gasteiger partial charge in [-0.05, 0) is 29.7 Å². The molecular formula is C30H47IO. The van der Waals surface area contributed by atoms with Gasteiger partial charge in [-0.3, -0.25) is 0 Å². The molecule has 32 heavy (non-hydrogen) atoms. The fraction of sp³-hybridized carbons (Fsp3) is 0.600. The second kappa shape index (κ2) is 20.6. The van der Waals surface area contributed by atoms with Crippen LogP contribution in [-0.4, -0.2) is 6.61 Å². The van der Waals surface area contributed by atoms with Crippen LogP contribution in [0.4, 0.5) is 0 Å². The van der Waals surface area contributed by atoms with Crippen LogP contribution in [-0.2, 0) is 0 Å². The van der Waals surface area contributed by atoms with Gasteiger partial charge in [0.25, 0.3) is 0 Å². The van der Waals surface area contributed by atoms with Gasteiger partial charge < -0.3 is 4.74 Å². The van der Waals surface area contributed by atoms with E-state index in [4.69, 9.17) is 4.74 Å². The zero-order chi connectivity index (χ0) is 21.8. The third-order valence-corrected chi connectivity index (χ3v) is 6.23. The normalized spacial score (nSPS) is 10.7. The molecule has 2 heteroatoms. The summed E-state index contributed by atoms with van der Waals surface area (Å²) in [6.07, 6.45) is 22.5. The first-order valence-corrected chi connectivity index (χ1v) is 13.2. The Hall–Kier alpha value is -1.03. The van der Waals surface area contributed by atoms with Crippen molar-refractivity contribution in [2.24, 2.45) is 0 Å². The van der Waals surface area contributed by atoms with Crippen molar-refractivity contribution < 1.29 is 4.74 Å². The highest BCUT2D eigenvalue weighted by molar-refractivity contribution is 14.0. The minimum absolute atomic E-state index is 0. The molecule has 0 fully saturated rings. The van der Waals surface area contributed by atoms with Crippen LogP contribution in [0.2, 0.25) is 0 Å². The fourth-order valence-corrected chi connectivity index (χ4v) is 4.21. The first kappa shape index (κ1) is 29.0. The van der Waals surface area contributed by atoms with E-state index in [0.29, 0.717) is 0 Å². The van der Waals surface area contributed by atoms with E-state index >= 15 is 0 Å². The predicted octanol–water partition coefficient (Wildman–Crippen LogP) is 10.6. The maximum atomic E-state index is 5.92. The number of halogens is 1. The minimum atomic E-state index is 0. The molecule has 2 aromatic rings. The van der Waals surface area contributed by atoms with Gasteiger partial charge in [-0.2, -0.15) is 0 Å². The van der Waals surface area contributed by atoms with Crippen molar-refractivity contribution in [1.29, 1.82) is 0 Å². The molecule has 0 amide bonds. The van der Waals surface area contributed by atoms with Gasteiger partial charge in [0.15, 0.2) is 0 Å². The standard InChI is InChI=1S/C30H46O.HI/c1-2-3-4-5-6-7-8-9-10-11-12-13-14-15-16-20-27-31-30-25-23-29(24-26-30)28-21-18-17-19-22-28;/h17-19,21-26H,2-16,20,27H2,1H3;1H. The lowest BCUT2D eigenvalue weighted by Gasteiger charge is -2.08. The van der Waals surface area contributed by atoms with Crippen LogP contribution in [0.15, 0.2) is 54.6 Å². The summed E-state index contributed by atoms with van der Waals surface area (Å²) in [5, 5.41) is 0. The predicted molar refractivity (Wildman–Crippen MR) is 152 cm³/mol. The number of unbranched alkanes of at least 4 members (excludes halogenated alkanes) is 15. The molecule has 1 nitrogen and oxygen atoms in total. The first-order chi connectivity index (χ1) is 15.4. The monoisotopic (exact) mass is 550 g/mol. The smallest absolute Gasteiger partial charge is 0.119 e. The Morgan fingerprint density at radius 1 is 0.469 bits per heavy atom. The molecule has 0 spiro atoms. The van der Waals surface area contributed by atoms with E-state index in [2.05, 4.69) is 61.5 Å². The van der Waals surface area contributed by atoms with Crippen LogP contribution in [0.3, 0.4) is 0 Å². The summed E-state index contributed by atoms with van der Waals surface area (Å²) in [6.45, 7) is 3.13. The van der Waals surface area contributed by atoms with Crippen LogP contribution in [0, 0.1) is 0 Å². The van der Waals surface area contributed by atoms with E-state index in [0.717, 1.165) is 12.4 Å². The SMILES string of the molecule is CCCCCCCCCCCCCCCCCCOc1ccc(-c2ccccc2)cc1.I. The average molecular weight is 551 g/mol. The van der Waals surface area contributed by atoms with E-state index in [1.165, 1.54) is 114 Å². The molecule has 0 bridgehead atoms. The Morgan fingerprint density at radius 2 is 0.875 bits per heavy atom. The number of hydrogen-bond donors (Lipinski definition) is 0. The summed E-state index contributed by atoms with van der Waals surface area (Å²) < 4.78 is 5.92. The largest absolute Gasteiger partial charge is 0.494 e. The highest BCUT2D eigenvalue weighted by Crippen LogP contribution is 2.22. The zero-order valence-electron chi connectivity index (χ0n) is 20.5. The van der Waals surface area contributed by atoms with Crippen molar-refractivity contribution in [3.8, 4) is 16.9 Å². The van der Waals surface area contributed by atoms with Gasteiger partial charge in [-0.1, -0.05) is 146 Å². The molecule has 0 heterocycles. The summed E-state index contributed by atoms with van der Waals surface area (Å²) >= 11 is 0. The third-order valence-electron chi connectivity index (χ3n) is 6.23. The molecule has 0 saturated heterocycles. The highest BCUT2D eigenvalue weighted by Gasteiger charge is 1.99. The van der Waals surface area contributed by atoms with Gasteiger partial charge in [0.05, 0.1) is 6.61 Å². The molecule has 0 aliphatic carbocycles. The molecule has 0 radical (unpaired) electrons. The van der Waals surface area contributed by atoms with Gasteiger partial charge in [-0.15, -0.1) is 24.0 Å². The van der Waals surface area contributed by atoms with Crippen molar-refractivity contribution in [3.05, 3.63) is 54.6 Å². The van der Waals surface area contributed by atoms with E-state index in [9.17, 15) is 0 Å². The average Bonchev–Trinajstić information content (AvgIpc) is 2.82. The molecular weight excluding hydrogens is 503 g/mol. The van der Waals surface area contributed by atoms with Crippen LogP contribution in [0.5, 0.6) is 5.75 Å². The summed E-state index contributed by atoms with van der Waals surface area (Å²) in [5.74, 6) is 0.987. The highest BCUT2D eigenvalue weighted by atomic mass is 127. The van der Waals surface area contributed by atoms with Gasteiger partial charge in [0, 0.05) is 0 Å². The van der Waals surface area contributed by atoms with E-state index < -0.39 is 0 Å². The Morgan fingerprint density at radius 3 is 1.34 bits per heavy atom. The van der Waals surface area contributed by atoms with Crippen molar-refractivity contribution in [2.45, 2.75) is 110 Å². The van der Waals surface area contributed by atoms with E-state index in [1.54, 1.807) is 0 Å². The third kappa shape index (κ3) is 14.2. The van der Waals surface area contributed by atoms with Gasteiger partial charge in [-0.25, -0.2) is 0 Å². The number of rotatable bonds is 19. The van der Waals surface area contributed by atoms with E-state index in [-0.39, 0.29) is 24.0 Å². The van der Waals surface area contributed by atoms with Crippen LogP contribution in [0.25, 0.3) is 11.1 Å². The van der Waals surface area contributed by atoms with Crippen molar-refractivity contribution in [3.63, 3.8) is 0 Å². The Labute approximate surface area is 215 Å². The van der Waals surface area contributed by atoms with Crippen molar-refractivity contribution >= 4 is 24.0 Å². The maximum Gasteiger partial charge on any atom is 0.119 e. The lowest BCUT2D eigenvalue weighted by atomic mass is 10.0.